The van der Waals surface area contributed by atoms with E-state index in [4.69, 9.17) is 0 Å². The minimum absolute atomic E-state index is 0.360. The van der Waals surface area contributed by atoms with Crippen LogP contribution in [0.3, 0.4) is 0 Å². The lowest BCUT2D eigenvalue weighted by atomic mass is 9.95. The van der Waals surface area contributed by atoms with Gasteiger partial charge in [0.25, 0.3) is 0 Å². The Bertz CT molecular complexity index is 1070. The van der Waals surface area contributed by atoms with Crippen molar-refractivity contribution in [2.75, 3.05) is 0 Å². The number of aromatic nitrogens is 12. The molecule has 0 amide bonds. The summed E-state index contributed by atoms with van der Waals surface area (Å²) in [5.41, 5.74) is 5.77. The third-order valence-electron chi connectivity index (χ3n) is 5.19. The van der Waals surface area contributed by atoms with E-state index in [0.29, 0.717) is 46.7 Å². The van der Waals surface area contributed by atoms with Crippen LogP contribution in [0.2, 0.25) is 0 Å². The van der Waals surface area contributed by atoms with Gasteiger partial charge in [0.2, 0.25) is 11.6 Å². The molecule has 4 aromatic rings. The summed E-state index contributed by atoms with van der Waals surface area (Å²) in [6.07, 6.45) is 0. The van der Waals surface area contributed by atoms with Crippen molar-refractivity contribution in [2.24, 2.45) is 0 Å². The topological polar surface area (TPSA) is 160 Å². The molecule has 2 N–H and O–H groups in total. The molecule has 4 rings (SSSR count). The van der Waals surface area contributed by atoms with E-state index in [1.54, 1.807) is 0 Å². The van der Waals surface area contributed by atoms with E-state index in [1.165, 1.54) is 11.1 Å². The van der Waals surface area contributed by atoms with Crippen molar-refractivity contribution >= 4 is 0 Å². The highest BCUT2D eigenvalue weighted by Crippen LogP contribution is 2.27. The summed E-state index contributed by atoms with van der Waals surface area (Å²) in [5.74, 6) is 2.48. The van der Waals surface area contributed by atoms with Gasteiger partial charge in [0.1, 0.15) is 11.4 Å². The molecule has 0 aromatic carbocycles. The molecule has 0 saturated heterocycles. The summed E-state index contributed by atoms with van der Waals surface area (Å²) in [6.45, 7) is 17.0. The van der Waals surface area contributed by atoms with E-state index in [0.717, 1.165) is 11.4 Å². The van der Waals surface area contributed by atoms with Crippen molar-refractivity contribution in [1.29, 1.82) is 0 Å². The van der Waals surface area contributed by atoms with Gasteiger partial charge in [-0.2, -0.15) is 20.6 Å². The highest BCUT2D eigenvalue weighted by Gasteiger charge is 2.17. The summed E-state index contributed by atoms with van der Waals surface area (Å²) in [7, 11) is 0. The molecule has 0 aliphatic rings. The highest BCUT2D eigenvalue weighted by atomic mass is 15.5. The summed E-state index contributed by atoms with van der Waals surface area (Å²) < 4.78 is 0. The fraction of sp³-hybridized carbons (Fsp3) is 0.545. The second kappa shape index (κ2) is 10.9. The first kappa shape index (κ1) is 24.9. The first-order valence-corrected chi connectivity index (χ1v) is 11.4. The molecule has 34 heavy (non-hydrogen) atoms. The van der Waals surface area contributed by atoms with Crippen LogP contribution >= 0.6 is 0 Å². The number of tetrazole rings is 2. The number of nitrogens with zero attached hydrogens (tertiary/aromatic N) is 10. The van der Waals surface area contributed by atoms with Gasteiger partial charge < -0.3 is 0 Å². The smallest absolute Gasteiger partial charge is 0.177 e. The molecule has 12 nitrogen and oxygen atoms in total. The van der Waals surface area contributed by atoms with Crippen molar-refractivity contribution < 1.29 is 0 Å². The average molecular weight is 465 g/mol. The Morgan fingerprint density at radius 3 is 1.15 bits per heavy atom. The van der Waals surface area contributed by atoms with E-state index < -0.39 is 0 Å². The average Bonchev–Trinajstić information content (AvgIpc) is 3.53. The highest BCUT2D eigenvalue weighted by molar-refractivity contribution is 5.50. The van der Waals surface area contributed by atoms with E-state index in [-0.39, 0.29) is 0 Å². The van der Waals surface area contributed by atoms with Crippen molar-refractivity contribution in [3.05, 3.63) is 34.6 Å². The van der Waals surface area contributed by atoms with Crippen LogP contribution in [0.15, 0.2) is 12.1 Å². The molecule has 0 spiro atoms. The summed E-state index contributed by atoms with van der Waals surface area (Å²) in [6, 6.07) is 4.00. The van der Waals surface area contributed by atoms with Crippen molar-refractivity contribution in [1.82, 2.24) is 61.6 Å². The number of H-pyrrole nitrogens is 2. The van der Waals surface area contributed by atoms with Crippen LogP contribution in [-0.4, -0.2) is 61.6 Å². The largest absolute Gasteiger partial charge is 0.224 e. The zero-order chi connectivity index (χ0) is 24.8. The molecule has 0 atom stereocenters. The molecule has 4 aromatic heterocycles. The molecule has 4 heterocycles. The Morgan fingerprint density at radius 2 is 0.882 bits per heavy atom. The summed E-state index contributed by atoms with van der Waals surface area (Å²) in [4.78, 5) is 0. The van der Waals surface area contributed by atoms with Crippen LogP contribution in [0.1, 0.15) is 102 Å². The number of hydrogen-bond acceptors (Lipinski definition) is 10. The minimum atomic E-state index is 0.360. The van der Waals surface area contributed by atoms with Gasteiger partial charge in [-0.1, -0.05) is 55.4 Å². The zero-order valence-electron chi connectivity index (χ0n) is 20.9. The van der Waals surface area contributed by atoms with Crippen molar-refractivity contribution in [3.63, 3.8) is 0 Å². The van der Waals surface area contributed by atoms with E-state index in [2.05, 4.69) is 117 Å². The lowest BCUT2D eigenvalue weighted by molar-refractivity contribution is 0.730. The van der Waals surface area contributed by atoms with Gasteiger partial charge in [-0.3, -0.25) is 0 Å². The number of aromatic amines is 2. The standard InChI is InChI=1S/2C11H16N6/c2*1-6(2)8-5-9(11-14-16-17-15-11)12-13-10(8)7(3)4/h2*5-7H,1-4H3,(H,14,15,16,17). The molecular formula is C22H32N12. The zero-order valence-corrected chi connectivity index (χ0v) is 20.9. The van der Waals surface area contributed by atoms with Gasteiger partial charge in [0, 0.05) is 0 Å². The first-order chi connectivity index (χ1) is 16.2. The molecule has 0 unspecified atom stereocenters. The van der Waals surface area contributed by atoms with Crippen LogP contribution in [0.25, 0.3) is 23.0 Å². The second-order valence-corrected chi connectivity index (χ2v) is 9.23. The first-order valence-electron chi connectivity index (χ1n) is 11.4. The van der Waals surface area contributed by atoms with Gasteiger partial charge in [-0.15, -0.1) is 30.6 Å². The Morgan fingerprint density at radius 1 is 0.500 bits per heavy atom. The lowest BCUT2D eigenvalue weighted by Crippen LogP contribution is -2.05. The molecule has 0 bridgehead atoms. The predicted molar refractivity (Wildman–Crippen MR) is 127 cm³/mol. The number of rotatable bonds is 6. The molecule has 0 aliphatic heterocycles. The van der Waals surface area contributed by atoms with Crippen LogP contribution in [0.4, 0.5) is 0 Å². The van der Waals surface area contributed by atoms with Crippen molar-refractivity contribution in [3.8, 4) is 23.0 Å². The molecule has 0 fully saturated rings. The van der Waals surface area contributed by atoms with Crippen LogP contribution < -0.4 is 0 Å². The van der Waals surface area contributed by atoms with Gasteiger partial charge in [-0.25, -0.2) is 0 Å². The summed E-state index contributed by atoms with van der Waals surface area (Å²) >= 11 is 0. The maximum atomic E-state index is 4.28. The van der Waals surface area contributed by atoms with Gasteiger partial charge >= 0.3 is 0 Å². The van der Waals surface area contributed by atoms with Crippen LogP contribution in [0.5, 0.6) is 0 Å². The minimum Gasteiger partial charge on any atom is -0.177 e. The summed E-state index contributed by atoms with van der Waals surface area (Å²) in [5, 5.41) is 44.4. The quantitative estimate of drug-likeness (QED) is 0.429. The fourth-order valence-electron chi connectivity index (χ4n) is 3.41. The maximum absolute atomic E-state index is 4.28. The van der Waals surface area contributed by atoms with E-state index >= 15 is 0 Å². The number of nitrogens with one attached hydrogen (secondary N) is 2. The van der Waals surface area contributed by atoms with E-state index in [9.17, 15) is 0 Å². The second-order valence-electron chi connectivity index (χ2n) is 9.23. The van der Waals surface area contributed by atoms with Crippen molar-refractivity contribution in [2.45, 2.75) is 79.1 Å². The van der Waals surface area contributed by atoms with Crippen LogP contribution in [0, 0.1) is 0 Å². The Labute approximate surface area is 198 Å². The lowest BCUT2D eigenvalue weighted by Gasteiger charge is -2.14. The monoisotopic (exact) mass is 464 g/mol. The third kappa shape index (κ3) is 5.80. The molecule has 12 heteroatoms. The molecule has 0 aliphatic carbocycles. The van der Waals surface area contributed by atoms with Gasteiger partial charge in [0.05, 0.1) is 11.4 Å². The Balaban J connectivity index is 0.000000191. The molecule has 180 valence electrons. The predicted octanol–water partition coefficient (Wildman–Crippen LogP) is 3.81. The van der Waals surface area contributed by atoms with E-state index in [1.807, 2.05) is 12.1 Å². The fourth-order valence-corrected chi connectivity index (χ4v) is 3.41. The molecule has 0 radical (unpaired) electrons. The van der Waals surface area contributed by atoms with Crippen LogP contribution in [-0.2, 0) is 0 Å². The third-order valence-corrected chi connectivity index (χ3v) is 5.19. The normalized spacial score (nSPS) is 11.4. The van der Waals surface area contributed by atoms with Gasteiger partial charge in [-0.05, 0) is 57.4 Å². The molecular weight excluding hydrogens is 432 g/mol. The Kier molecular flexibility index (Phi) is 8.03. The number of hydrogen-bond donors (Lipinski definition) is 2. The Hall–Kier alpha value is -3.70. The maximum Gasteiger partial charge on any atom is 0.224 e. The van der Waals surface area contributed by atoms with Gasteiger partial charge in [0.15, 0.2) is 0 Å². The molecule has 0 saturated carbocycles. The SMILES string of the molecule is CC(C)c1cc(-c2nn[nH]n2)nnc1C(C)C.CC(C)c1cc(-c2nn[nH]n2)nnc1C(C)C.